The monoisotopic (exact) mass is 337 g/mol. The van der Waals surface area contributed by atoms with Gasteiger partial charge in [-0.2, -0.15) is 0 Å². The molecule has 1 amide bonds. The molecule has 5 nitrogen and oxygen atoms in total. The molecule has 0 aliphatic rings. The molecule has 1 unspecified atom stereocenters. The van der Waals surface area contributed by atoms with E-state index in [2.05, 4.69) is 5.32 Å². The van der Waals surface area contributed by atoms with Crippen molar-refractivity contribution in [2.45, 2.75) is 19.5 Å². The van der Waals surface area contributed by atoms with Crippen LogP contribution in [0.25, 0.3) is 0 Å². The summed E-state index contributed by atoms with van der Waals surface area (Å²) < 4.78 is 14.8. The number of halogens is 1. The van der Waals surface area contributed by atoms with Crippen LogP contribution in [-0.2, 0) is 11.3 Å². The van der Waals surface area contributed by atoms with E-state index in [0.717, 1.165) is 22.6 Å². The van der Waals surface area contributed by atoms with Gasteiger partial charge < -0.3 is 10.2 Å². The van der Waals surface area contributed by atoms with Crippen molar-refractivity contribution in [2.75, 3.05) is 20.6 Å². The zero-order valence-corrected chi connectivity index (χ0v) is 14.2. The molecule has 1 atom stereocenters. The molecule has 0 saturated carbocycles. The maximum Gasteiger partial charge on any atom is 0.307 e. The molecule has 1 N–H and O–H groups in total. The second-order valence-electron chi connectivity index (χ2n) is 5.57. The predicted molar refractivity (Wildman–Crippen MR) is 89.2 cm³/mol. The fourth-order valence-electron chi connectivity index (χ4n) is 2.32. The SMILES string of the molecule is Cc1csc(=O)n1CC(=O)NCC(c1cccc(F)c1)N(C)C. The molecule has 1 aromatic carbocycles. The van der Waals surface area contributed by atoms with Gasteiger partial charge in [-0.05, 0) is 38.7 Å². The first-order chi connectivity index (χ1) is 10.9. The Kier molecular flexibility index (Phi) is 5.68. The molecule has 23 heavy (non-hydrogen) atoms. The highest BCUT2D eigenvalue weighted by Gasteiger charge is 2.16. The second kappa shape index (κ2) is 7.52. The normalized spacial score (nSPS) is 12.4. The Labute approximate surface area is 138 Å². The number of carbonyl (C=O) groups is 1. The van der Waals surface area contributed by atoms with E-state index in [4.69, 9.17) is 0 Å². The molecule has 2 rings (SSSR count). The lowest BCUT2D eigenvalue weighted by Crippen LogP contribution is -2.37. The highest BCUT2D eigenvalue weighted by atomic mass is 32.1. The van der Waals surface area contributed by atoms with Gasteiger partial charge in [0.05, 0.1) is 6.04 Å². The van der Waals surface area contributed by atoms with E-state index in [0.29, 0.717) is 6.54 Å². The minimum atomic E-state index is -0.305. The van der Waals surface area contributed by atoms with Gasteiger partial charge in [-0.25, -0.2) is 4.39 Å². The molecule has 0 aliphatic carbocycles. The quantitative estimate of drug-likeness (QED) is 0.874. The highest BCUT2D eigenvalue weighted by Crippen LogP contribution is 2.18. The number of nitrogens with one attached hydrogen (secondary N) is 1. The van der Waals surface area contributed by atoms with Crippen LogP contribution in [0.5, 0.6) is 0 Å². The molecule has 0 radical (unpaired) electrons. The van der Waals surface area contributed by atoms with Gasteiger partial charge in [0.2, 0.25) is 5.91 Å². The molecule has 124 valence electrons. The average molecular weight is 337 g/mol. The van der Waals surface area contributed by atoms with Gasteiger partial charge in [-0.3, -0.25) is 14.2 Å². The summed E-state index contributed by atoms with van der Waals surface area (Å²) in [5.74, 6) is -0.544. The number of aromatic nitrogens is 1. The fraction of sp³-hybridized carbons (Fsp3) is 0.375. The van der Waals surface area contributed by atoms with E-state index in [1.54, 1.807) is 18.4 Å². The van der Waals surface area contributed by atoms with Crippen LogP contribution in [0.4, 0.5) is 4.39 Å². The van der Waals surface area contributed by atoms with Crippen molar-refractivity contribution in [3.05, 3.63) is 56.4 Å². The smallest absolute Gasteiger partial charge is 0.307 e. The summed E-state index contributed by atoms with van der Waals surface area (Å²) in [6.07, 6.45) is 0. The van der Waals surface area contributed by atoms with E-state index in [1.807, 2.05) is 25.1 Å². The van der Waals surface area contributed by atoms with Crippen LogP contribution >= 0.6 is 11.3 Å². The Morgan fingerprint density at radius 1 is 1.43 bits per heavy atom. The van der Waals surface area contributed by atoms with E-state index in [-0.39, 0.29) is 29.2 Å². The van der Waals surface area contributed by atoms with E-state index in [9.17, 15) is 14.0 Å². The molecule has 2 aromatic rings. The first-order valence-electron chi connectivity index (χ1n) is 7.22. The molecule has 7 heteroatoms. The lowest BCUT2D eigenvalue weighted by Gasteiger charge is -2.25. The Bertz CT molecular complexity index is 739. The maximum atomic E-state index is 13.4. The average Bonchev–Trinajstić information content (AvgIpc) is 2.79. The summed E-state index contributed by atoms with van der Waals surface area (Å²) in [6.45, 7) is 2.13. The van der Waals surface area contributed by atoms with E-state index in [1.165, 1.54) is 16.7 Å². The highest BCUT2D eigenvalue weighted by molar-refractivity contribution is 7.07. The third-order valence-corrected chi connectivity index (χ3v) is 4.51. The molecule has 1 heterocycles. The summed E-state index contributed by atoms with van der Waals surface area (Å²) in [5.41, 5.74) is 1.56. The van der Waals surface area contributed by atoms with Crippen molar-refractivity contribution in [1.29, 1.82) is 0 Å². The number of amides is 1. The van der Waals surface area contributed by atoms with Gasteiger partial charge in [0.25, 0.3) is 0 Å². The van der Waals surface area contributed by atoms with Gasteiger partial charge >= 0.3 is 4.87 Å². The van der Waals surface area contributed by atoms with Crippen LogP contribution in [0.3, 0.4) is 0 Å². The maximum absolute atomic E-state index is 13.4. The topological polar surface area (TPSA) is 54.3 Å². The minimum absolute atomic E-state index is 0.00251. The Morgan fingerprint density at radius 2 is 2.17 bits per heavy atom. The zero-order chi connectivity index (χ0) is 17.0. The number of hydrogen-bond acceptors (Lipinski definition) is 4. The van der Waals surface area contributed by atoms with Crippen LogP contribution in [0.1, 0.15) is 17.3 Å². The van der Waals surface area contributed by atoms with Gasteiger partial charge in [0, 0.05) is 17.6 Å². The van der Waals surface area contributed by atoms with Crippen LogP contribution in [0.2, 0.25) is 0 Å². The van der Waals surface area contributed by atoms with E-state index < -0.39 is 0 Å². The van der Waals surface area contributed by atoms with Crippen LogP contribution in [0, 0.1) is 12.7 Å². The van der Waals surface area contributed by atoms with Crippen molar-refractivity contribution in [2.24, 2.45) is 0 Å². The number of rotatable bonds is 6. The van der Waals surface area contributed by atoms with Crippen molar-refractivity contribution in [3.8, 4) is 0 Å². The number of benzene rings is 1. The Morgan fingerprint density at radius 3 is 2.74 bits per heavy atom. The number of hydrogen-bond donors (Lipinski definition) is 1. The largest absolute Gasteiger partial charge is 0.353 e. The first-order valence-corrected chi connectivity index (χ1v) is 8.10. The van der Waals surface area contributed by atoms with E-state index >= 15 is 0 Å². The fourth-order valence-corrected chi connectivity index (χ4v) is 3.05. The van der Waals surface area contributed by atoms with Gasteiger partial charge in [-0.1, -0.05) is 23.5 Å². The number of nitrogens with zero attached hydrogens (tertiary/aromatic N) is 2. The van der Waals surface area contributed by atoms with Gasteiger partial charge in [-0.15, -0.1) is 0 Å². The zero-order valence-electron chi connectivity index (χ0n) is 13.4. The summed E-state index contributed by atoms with van der Waals surface area (Å²) in [4.78, 5) is 25.5. The van der Waals surface area contributed by atoms with Crippen LogP contribution < -0.4 is 10.2 Å². The van der Waals surface area contributed by atoms with Gasteiger partial charge in [0.1, 0.15) is 12.4 Å². The predicted octanol–water partition coefficient (Wildman–Crippen LogP) is 1.78. The molecular weight excluding hydrogens is 317 g/mol. The lowest BCUT2D eigenvalue weighted by atomic mass is 10.1. The summed E-state index contributed by atoms with van der Waals surface area (Å²) in [5, 5.41) is 4.54. The van der Waals surface area contributed by atoms with Crippen molar-refractivity contribution in [3.63, 3.8) is 0 Å². The standard InChI is InChI=1S/C16H20FN3O2S/c1-11-10-23-16(22)20(11)9-15(21)18-8-14(19(2)3)12-5-4-6-13(17)7-12/h4-7,10,14H,8-9H2,1-3H3,(H,18,21). The van der Waals surface area contributed by atoms with Crippen LogP contribution in [0.15, 0.2) is 34.4 Å². The second-order valence-corrected chi connectivity index (χ2v) is 6.39. The number of carbonyl (C=O) groups excluding carboxylic acids is 1. The molecule has 0 bridgehead atoms. The number of aryl methyl sites for hydroxylation is 1. The molecule has 0 spiro atoms. The summed E-state index contributed by atoms with van der Waals surface area (Å²) >= 11 is 1.08. The summed E-state index contributed by atoms with van der Waals surface area (Å²) in [6, 6.07) is 6.19. The molecule has 1 aromatic heterocycles. The van der Waals surface area contributed by atoms with Gasteiger partial charge in [0.15, 0.2) is 0 Å². The molecule has 0 saturated heterocycles. The molecular formula is C16H20FN3O2S. The lowest BCUT2D eigenvalue weighted by molar-refractivity contribution is -0.121. The Hall–Kier alpha value is -1.99. The Balaban J connectivity index is 2.02. The van der Waals surface area contributed by atoms with Crippen molar-refractivity contribution in [1.82, 2.24) is 14.8 Å². The van der Waals surface area contributed by atoms with Crippen molar-refractivity contribution < 1.29 is 9.18 Å². The summed E-state index contributed by atoms with van der Waals surface area (Å²) in [7, 11) is 3.74. The third kappa shape index (κ3) is 4.49. The van der Waals surface area contributed by atoms with Crippen LogP contribution in [-0.4, -0.2) is 36.0 Å². The van der Waals surface area contributed by atoms with Crippen molar-refractivity contribution >= 4 is 17.2 Å². The minimum Gasteiger partial charge on any atom is -0.353 e. The third-order valence-electron chi connectivity index (χ3n) is 3.63. The molecule has 0 fully saturated rings. The number of thiazole rings is 1. The molecule has 0 aliphatic heterocycles. The first kappa shape index (κ1) is 17.4. The number of likely N-dealkylation sites (N-methyl/N-ethyl adjacent to an activating group) is 1.